The SMILES string of the molecule is CCNC(=NCc1cc(C(CC)CC)no1)NCCS(=O)(=O)c1ccccc1F. The second kappa shape index (κ2) is 10.9. The van der Waals surface area contributed by atoms with E-state index in [1.807, 2.05) is 13.0 Å². The molecule has 1 aromatic heterocycles. The van der Waals surface area contributed by atoms with E-state index in [4.69, 9.17) is 4.52 Å². The number of hydrogen-bond donors (Lipinski definition) is 2. The highest BCUT2D eigenvalue weighted by molar-refractivity contribution is 7.91. The van der Waals surface area contributed by atoms with E-state index >= 15 is 0 Å². The van der Waals surface area contributed by atoms with Gasteiger partial charge in [0.2, 0.25) is 0 Å². The summed E-state index contributed by atoms with van der Waals surface area (Å²) in [5.74, 6) is 0.470. The summed E-state index contributed by atoms with van der Waals surface area (Å²) in [6.45, 7) is 7.13. The smallest absolute Gasteiger partial charge is 0.191 e. The Kier molecular flexibility index (Phi) is 8.63. The lowest BCUT2D eigenvalue weighted by atomic mass is 9.99. The third-order valence-electron chi connectivity index (χ3n) is 4.55. The molecule has 0 aliphatic rings. The Morgan fingerprint density at radius 1 is 1.21 bits per heavy atom. The summed E-state index contributed by atoms with van der Waals surface area (Å²) in [6, 6.07) is 7.28. The lowest BCUT2D eigenvalue weighted by molar-refractivity contribution is 0.372. The van der Waals surface area contributed by atoms with Gasteiger partial charge in [-0.25, -0.2) is 17.8 Å². The molecule has 0 saturated carbocycles. The number of halogens is 1. The van der Waals surface area contributed by atoms with Gasteiger partial charge in [0.25, 0.3) is 0 Å². The fourth-order valence-corrected chi connectivity index (χ4v) is 4.15. The van der Waals surface area contributed by atoms with Gasteiger partial charge in [-0.15, -0.1) is 0 Å². The molecular weight excluding hydrogens is 395 g/mol. The molecule has 29 heavy (non-hydrogen) atoms. The molecule has 2 aromatic rings. The molecule has 0 amide bonds. The van der Waals surface area contributed by atoms with E-state index in [9.17, 15) is 12.8 Å². The molecule has 0 unspecified atom stereocenters. The molecule has 160 valence electrons. The van der Waals surface area contributed by atoms with Crippen molar-refractivity contribution in [3.05, 3.63) is 47.6 Å². The molecule has 2 rings (SSSR count). The minimum Gasteiger partial charge on any atom is -0.359 e. The highest BCUT2D eigenvalue weighted by Crippen LogP contribution is 2.22. The number of nitrogens with one attached hydrogen (secondary N) is 2. The van der Waals surface area contributed by atoms with Crippen LogP contribution in [-0.2, 0) is 16.4 Å². The van der Waals surface area contributed by atoms with Gasteiger partial charge in [-0.1, -0.05) is 31.1 Å². The van der Waals surface area contributed by atoms with Crippen molar-refractivity contribution >= 4 is 15.8 Å². The first kappa shape index (κ1) is 22.9. The zero-order chi connectivity index (χ0) is 21.3. The topological polar surface area (TPSA) is 96.6 Å². The molecule has 0 aliphatic carbocycles. The van der Waals surface area contributed by atoms with Crippen LogP contribution >= 0.6 is 0 Å². The van der Waals surface area contributed by atoms with Crippen LogP contribution in [-0.4, -0.2) is 38.4 Å². The van der Waals surface area contributed by atoms with Crippen molar-refractivity contribution in [3.63, 3.8) is 0 Å². The highest BCUT2D eigenvalue weighted by Gasteiger charge is 2.18. The average Bonchev–Trinajstić information content (AvgIpc) is 3.16. The van der Waals surface area contributed by atoms with Gasteiger partial charge in [-0.3, -0.25) is 0 Å². The van der Waals surface area contributed by atoms with Gasteiger partial charge >= 0.3 is 0 Å². The van der Waals surface area contributed by atoms with Crippen LogP contribution in [0.5, 0.6) is 0 Å². The third kappa shape index (κ3) is 6.56. The lowest BCUT2D eigenvalue weighted by Gasteiger charge is -2.11. The van der Waals surface area contributed by atoms with E-state index in [-0.39, 0.29) is 23.7 Å². The summed E-state index contributed by atoms with van der Waals surface area (Å²) >= 11 is 0. The Morgan fingerprint density at radius 3 is 2.59 bits per heavy atom. The van der Waals surface area contributed by atoms with Crippen LogP contribution in [0, 0.1) is 5.82 Å². The van der Waals surface area contributed by atoms with Crippen LogP contribution in [0.2, 0.25) is 0 Å². The van der Waals surface area contributed by atoms with Crippen LogP contribution in [0.15, 0.2) is 44.7 Å². The van der Waals surface area contributed by atoms with E-state index < -0.39 is 15.7 Å². The first-order chi connectivity index (χ1) is 13.9. The number of sulfone groups is 1. The number of benzene rings is 1. The molecule has 0 atom stereocenters. The Labute approximate surface area is 171 Å². The molecule has 0 aliphatic heterocycles. The number of rotatable bonds is 10. The van der Waals surface area contributed by atoms with Gasteiger partial charge in [-0.05, 0) is 31.9 Å². The van der Waals surface area contributed by atoms with Crippen molar-refractivity contribution < 1.29 is 17.3 Å². The maximum atomic E-state index is 13.8. The van der Waals surface area contributed by atoms with Gasteiger partial charge in [0.1, 0.15) is 17.3 Å². The summed E-state index contributed by atoms with van der Waals surface area (Å²) in [6.07, 6.45) is 1.98. The number of hydrogen-bond acceptors (Lipinski definition) is 5. The van der Waals surface area contributed by atoms with Crippen molar-refractivity contribution in [2.75, 3.05) is 18.8 Å². The normalized spacial score (nSPS) is 12.4. The van der Waals surface area contributed by atoms with E-state index in [0.29, 0.717) is 24.2 Å². The predicted molar refractivity (Wildman–Crippen MR) is 111 cm³/mol. The molecule has 7 nitrogen and oxygen atoms in total. The Hall–Kier alpha value is -2.42. The fraction of sp³-hybridized carbons (Fsp3) is 0.500. The second-order valence-electron chi connectivity index (χ2n) is 6.60. The van der Waals surface area contributed by atoms with Crippen molar-refractivity contribution in [2.24, 2.45) is 4.99 Å². The van der Waals surface area contributed by atoms with Gasteiger partial charge in [0, 0.05) is 25.1 Å². The van der Waals surface area contributed by atoms with Crippen molar-refractivity contribution in [2.45, 2.75) is 51.0 Å². The molecule has 1 aromatic carbocycles. The van der Waals surface area contributed by atoms with Crippen molar-refractivity contribution in [1.29, 1.82) is 0 Å². The van der Waals surface area contributed by atoms with Gasteiger partial charge in [0.05, 0.1) is 11.4 Å². The van der Waals surface area contributed by atoms with Crippen molar-refractivity contribution in [1.82, 2.24) is 15.8 Å². The number of aliphatic imine (C=N–C) groups is 1. The van der Waals surface area contributed by atoms with Gasteiger partial charge < -0.3 is 15.2 Å². The largest absolute Gasteiger partial charge is 0.359 e. The highest BCUT2D eigenvalue weighted by atomic mass is 32.2. The standard InChI is InChI=1S/C20H29FN4O3S/c1-4-15(5-2)18-13-16(28-25-18)14-24-20(22-6-3)23-11-12-29(26,27)19-10-8-7-9-17(19)21/h7-10,13,15H,4-6,11-12,14H2,1-3H3,(H2,22,23,24). The van der Waals surface area contributed by atoms with E-state index in [2.05, 4.69) is 34.6 Å². The first-order valence-corrected chi connectivity index (χ1v) is 11.5. The summed E-state index contributed by atoms with van der Waals surface area (Å²) in [5.41, 5.74) is 0.925. The molecule has 1 heterocycles. The molecule has 2 N–H and O–H groups in total. The van der Waals surface area contributed by atoms with Crippen LogP contribution in [0.4, 0.5) is 4.39 Å². The fourth-order valence-electron chi connectivity index (χ4n) is 2.91. The minimum absolute atomic E-state index is 0.0951. The van der Waals surface area contributed by atoms with Crippen LogP contribution in [0.1, 0.15) is 51.0 Å². The van der Waals surface area contributed by atoms with Crippen LogP contribution in [0.3, 0.4) is 0 Å². The molecule has 0 saturated heterocycles. The quantitative estimate of drug-likeness (QED) is 0.449. The Bertz CT molecular complexity index is 908. The monoisotopic (exact) mass is 424 g/mol. The first-order valence-electron chi connectivity index (χ1n) is 9.86. The zero-order valence-corrected chi connectivity index (χ0v) is 17.9. The summed E-state index contributed by atoms with van der Waals surface area (Å²) in [7, 11) is -3.73. The van der Waals surface area contributed by atoms with E-state index in [0.717, 1.165) is 24.6 Å². The van der Waals surface area contributed by atoms with Gasteiger partial charge in [0.15, 0.2) is 21.6 Å². The van der Waals surface area contributed by atoms with Gasteiger partial charge in [-0.2, -0.15) is 0 Å². The number of nitrogens with zero attached hydrogens (tertiary/aromatic N) is 2. The minimum atomic E-state index is -3.73. The average molecular weight is 425 g/mol. The molecule has 0 radical (unpaired) electrons. The maximum Gasteiger partial charge on any atom is 0.191 e. The second-order valence-corrected chi connectivity index (χ2v) is 8.68. The maximum absolute atomic E-state index is 13.8. The lowest BCUT2D eigenvalue weighted by Crippen LogP contribution is -2.39. The summed E-state index contributed by atoms with van der Waals surface area (Å²) < 4.78 is 43.8. The van der Waals surface area contributed by atoms with E-state index in [1.165, 1.54) is 18.2 Å². The van der Waals surface area contributed by atoms with E-state index in [1.54, 1.807) is 0 Å². The van der Waals surface area contributed by atoms with Crippen LogP contribution < -0.4 is 10.6 Å². The number of aromatic nitrogens is 1. The Morgan fingerprint density at radius 2 is 1.93 bits per heavy atom. The predicted octanol–water partition coefficient (Wildman–Crippen LogP) is 3.25. The van der Waals surface area contributed by atoms with Crippen molar-refractivity contribution in [3.8, 4) is 0 Å². The molecule has 0 fully saturated rings. The molecular formula is C20H29FN4O3S. The molecule has 0 spiro atoms. The number of guanidine groups is 1. The summed E-state index contributed by atoms with van der Waals surface area (Å²) in [4.78, 5) is 4.12. The molecule has 9 heteroatoms. The Balaban J connectivity index is 1.97. The third-order valence-corrected chi connectivity index (χ3v) is 6.30. The zero-order valence-electron chi connectivity index (χ0n) is 17.1. The summed E-state index contributed by atoms with van der Waals surface area (Å²) in [5, 5.41) is 10.1. The molecule has 0 bridgehead atoms. The van der Waals surface area contributed by atoms with Crippen LogP contribution in [0.25, 0.3) is 0 Å².